The van der Waals surface area contributed by atoms with E-state index >= 15 is 0 Å². The van der Waals surface area contributed by atoms with Gasteiger partial charge in [0, 0.05) is 23.7 Å². The molecule has 4 rings (SSSR count). The van der Waals surface area contributed by atoms with E-state index in [4.69, 9.17) is 5.73 Å². The van der Waals surface area contributed by atoms with E-state index < -0.39 is 5.91 Å². The Hall–Kier alpha value is -1.90. The lowest BCUT2D eigenvalue weighted by Gasteiger charge is -2.36. The van der Waals surface area contributed by atoms with E-state index in [9.17, 15) is 9.59 Å². The first-order valence-electron chi connectivity index (χ1n) is 8.55. The Morgan fingerprint density at radius 3 is 3.00 bits per heavy atom. The molecule has 0 aromatic carbocycles. The number of hydrogen-bond donors (Lipinski definition) is 4. The highest BCUT2D eigenvalue weighted by Crippen LogP contribution is 2.44. The zero-order valence-corrected chi connectivity index (χ0v) is 15.8. The van der Waals surface area contributed by atoms with Gasteiger partial charge in [-0.3, -0.25) is 9.59 Å². The minimum atomic E-state index is -0.508. The monoisotopic (exact) mass is 395 g/mol. The summed E-state index contributed by atoms with van der Waals surface area (Å²) in [6.45, 7) is 1.68. The van der Waals surface area contributed by atoms with Crippen LogP contribution in [0.1, 0.15) is 36.2 Å². The number of aromatic nitrogens is 2. The molecule has 1 aliphatic carbocycles. The second-order valence-corrected chi connectivity index (χ2v) is 7.75. The normalized spacial score (nSPS) is 24.5. The van der Waals surface area contributed by atoms with Crippen LogP contribution in [-0.4, -0.2) is 34.9 Å². The summed E-state index contributed by atoms with van der Waals surface area (Å²) in [6, 6.07) is 1.67. The molecule has 0 spiro atoms. The van der Waals surface area contributed by atoms with Gasteiger partial charge < -0.3 is 21.4 Å². The summed E-state index contributed by atoms with van der Waals surface area (Å²) < 4.78 is 0. The van der Waals surface area contributed by atoms with Crippen molar-refractivity contribution in [3.63, 3.8) is 0 Å². The Morgan fingerprint density at radius 1 is 1.38 bits per heavy atom. The van der Waals surface area contributed by atoms with Gasteiger partial charge in [-0.05, 0) is 31.4 Å². The molecule has 9 heteroatoms. The number of anilines is 1. The van der Waals surface area contributed by atoms with Crippen LogP contribution >= 0.6 is 23.7 Å². The average molecular weight is 396 g/mol. The third kappa shape index (κ3) is 3.24. The van der Waals surface area contributed by atoms with Crippen molar-refractivity contribution < 1.29 is 9.59 Å². The number of fused-ring (bicyclic) bond motifs is 1. The molecule has 7 nitrogen and oxygen atoms in total. The zero-order valence-electron chi connectivity index (χ0n) is 14.2. The standard InChI is InChI=1S/C17H21N5O2S.ClH/c18-14(23)12-5-10(6-20-12)13-8-25-16(21-13)22-15(24)17-4-2-1-3-11(17)7-19-9-17;/h5-6,8,11,19-20H,1-4,7,9H2,(H2,18,23)(H,21,22,24);1H/t11-,17+;/m0./s1. The zero-order chi connectivity index (χ0) is 17.4. The summed E-state index contributed by atoms with van der Waals surface area (Å²) in [5, 5.41) is 8.87. The maximum atomic E-state index is 13.0. The molecule has 1 saturated heterocycles. The molecule has 3 heterocycles. The third-order valence-corrected chi connectivity index (χ3v) is 6.22. The molecule has 140 valence electrons. The molecule has 1 saturated carbocycles. The lowest BCUT2D eigenvalue weighted by molar-refractivity contribution is -0.128. The number of carbonyl (C=O) groups excluding carboxylic acids is 2. The Morgan fingerprint density at radius 2 is 2.23 bits per heavy atom. The van der Waals surface area contributed by atoms with Crippen molar-refractivity contribution in [1.29, 1.82) is 0 Å². The van der Waals surface area contributed by atoms with Gasteiger partial charge in [-0.15, -0.1) is 23.7 Å². The number of rotatable bonds is 4. The Bertz CT molecular complexity index is 820. The number of primary amides is 1. The van der Waals surface area contributed by atoms with Gasteiger partial charge in [-0.25, -0.2) is 4.98 Å². The Kier molecular flexibility index (Phi) is 5.36. The minimum absolute atomic E-state index is 0. The van der Waals surface area contributed by atoms with Crippen LogP contribution in [0.3, 0.4) is 0 Å². The second kappa shape index (κ2) is 7.38. The van der Waals surface area contributed by atoms with Crippen molar-refractivity contribution in [3.05, 3.63) is 23.3 Å². The van der Waals surface area contributed by atoms with Crippen LogP contribution < -0.4 is 16.4 Å². The van der Waals surface area contributed by atoms with Crippen LogP contribution in [0.2, 0.25) is 0 Å². The maximum absolute atomic E-state index is 13.0. The SMILES string of the molecule is Cl.NC(=O)c1cc(-c2csc(NC(=O)[C@@]34CCCC[C@H]3CNC4)n2)c[nH]1. The molecule has 5 N–H and O–H groups in total. The quantitative estimate of drug-likeness (QED) is 0.636. The number of nitrogens with one attached hydrogen (secondary N) is 3. The molecule has 0 unspecified atom stereocenters. The predicted octanol–water partition coefficient (Wildman–Crippen LogP) is 2.38. The molecule has 2 aromatic rings. The van der Waals surface area contributed by atoms with E-state index in [1.165, 1.54) is 17.8 Å². The van der Waals surface area contributed by atoms with Crippen LogP contribution in [0.15, 0.2) is 17.6 Å². The fourth-order valence-electron chi connectivity index (χ4n) is 4.06. The van der Waals surface area contributed by atoms with E-state index in [0.717, 1.165) is 37.9 Å². The van der Waals surface area contributed by atoms with Crippen LogP contribution in [0.4, 0.5) is 5.13 Å². The topological polar surface area (TPSA) is 113 Å². The smallest absolute Gasteiger partial charge is 0.265 e. The first kappa shape index (κ1) is 18.9. The number of halogens is 1. The summed E-state index contributed by atoms with van der Waals surface area (Å²) in [5.74, 6) is -0.00958. The molecule has 0 radical (unpaired) electrons. The highest BCUT2D eigenvalue weighted by molar-refractivity contribution is 7.14. The molecule has 2 fully saturated rings. The van der Waals surface area contributed by atoms with Crippen LogP contribution in [-0.2, 0) is 4.79 Å². The minimum Gasteiger partial charge on any atom is -0.364 e. The van der Waals surface area contributed by atoms with Gasteiger partial charge in [-0.2, -0.15) is 0 Å². The third-order valence-electron chi connectivity index (χ3n) is 5.46. The summed E-state index contributed by atoms with van der Waals surface area (Å²) in [7, 11) is 0. The van der Waals surface area contributed by atoms with Gasteiger partial charge in [0.1, 0.15) is 5.69 Å². The van der Waals surface area contributed by atoms with E-state index in [2.05, 4.69) is 20.6 Å². The molecule has 2 aromatic heterocycles. The number of H-pyrrole nitrogens is 1. The van der Waals surface area contributed by atoms with Crippen molar-refractivity contribution in [2.75, 3.05) is 18.4 Å². The number of hydrogen-bond acceptors (Lipinski definition) is 5. The van der Waals surface area contributed by atoms with Gasteiger partial charge in [0.15, 0.2) is 5.13 Å². The molecule has 1 aliphatic heterocycles. The highest BCUT2D eigenvalue weighted by atomic mass is 35.5. The van der Waals surface area contributed by atoms with Crippen molar-refractivity contribution in [2.45, 2.75) is 25.7 Å². The molecule has 2 amide bonds. The number of nitrogens with two attached hydrogens (primary N) is 1. The summed E-state index contributed by atoms with van der Waals surface area (Å²) >= 11 is 1.39. The van der Waals surface area contributed by atoms with E-state index in [1.807, 2.05) is 5.38 Å². The molecule has 2 atom stereocenters. The van der Waals surface area contributed by atoms with Crippen molar-refractivity contribution >= 4 is 40.7 Å². The number of nitrogens with zero attached hydrogens (tertiary/aromatic N) is 1. The van der Waals surface area contributed by atoms with Crippen molar-refractivity contribution in [3.8, 4) is 11.3 Å². The molecule has 0 bridgehead atoms. The Balaban J connectivity index is 0.00000196. The van der Waals surface area contributed by atoms with Gasteiger partial charge in [0.2, 0.25) is 5.91 Å². The lowest BCUT2D eigenvalue weighted by atomic mass is 9.68. The molecular formula is C17H22ClN5O2S. The number of thiazole rings is 1. The average Bonchev–Trinajstić information content (AvgIpc) is 3.33. The number of amides is 2. The van der Waals surface area contributed by atoms with Gasteiger partial charge >= 0.3 is 0 Å². The number of carbonyl (C=O) groups is 2. The summed E-state index contributed by atoms with van der Waals surface area (Å²) in [5.41, 5.74) is 6.80. The molecule has 2 aliphatic rings. The summed E-state index contributed by atoms with van der Waals surface area (Å²) in [4.78, 5) is 31.5. The van der Waals surface area contributed by atoms with Gasteiger partial charge in [0.05, 0.1) is 11.1 Å². The highest BCUT2D eigenvalue weighted by Gasteiger charge is 2.49. The molecule has 26 heavy (non-hydrogen) atoms. The first-order valence-corrected chi connectivity index (χ1v) is 9.43. The van der Waals surface area contributed by atoms with Crippen LogP contribution in [0, 0.1) is 11.3 Å². The fraction of sp³-hybridized carbons (Fsp3) is 0.471. The first-order chi connectivity index (χ1) is 12.1. The van der Waals surface area contributed by atoms with E-state index in [0.29, 0.717) is 22.4 Å². The van der Waals surface area contributed by atoms with Gasteiger partial charge in [-0.1, -0.05) is 12.8 Å². The van der Waals surface area contributed by atoms with Crippen LogP contribution in [0.25, 0.3) is 11.3 Å². The number of aromatic amines is 1. The summed E-state index contributed by atoms with van der Waals surface area (Å²) in [6.07, 6.45) is 6.06. The van der Waals surface area contributed by atoms with Crippen molar-refractivity contribution in [1.82, 2.24) is 15.3 Å². The molecular weight excluding hydrogens is 374 g/mol. The maximum Gasteiger partial charge on any atom is 0.265 e. The predicted molar refractivity (Wildman–Crippen MR) is 104 cm³/mol. The fourth-order valence-corrected chi connectivity index (χ4v) is 4.77. The Labute approximate surface area is 161 Å². The van der Waals surface area contributed by atoms with E-state index in [-0.39, 0.29) is 23.7 Å². The van der Waals surface area contributed by atoms with Gasteiger partial charge in [0.25, 0.3) is 5.91 Å². The van der Waals surface area contributed by atoms with Crippen molar-refractivity contribution in [2.24, 2.45) is 17.1 Å². The van der Waals surface area contributed by atoms with E-state index in [1.54, 1.807) is 12.3 Å². The lowest BCUT2D eigenvalue weighted by Crippen LogP contribution is -2.44. The largest absolute Gasteiger partial charge is 0.364 e. The van der Waals surface area contributed by atoms with Crippen LogP contribution in [0.5, 0.6) is 0 Å². The second-order valence-electron chi connectivity index (χ2n) is 6.89.